The molecule has 9 heteroatoms. The molecule has 0 fully saturated rings. The van der Waals surface area contributed by atoms with E-state index in [0.29, 0.717) is 35.5 Å². The van der Waals surface area contributed by atoms with E-state index >= 15 is 0 Å². The minimum Gasteiger partial charge on any atom is -0.497 e. The van der Waals surface area contributed by atoms with Crippen LogP contribution < -0.4 is 9.46 Å². The zero-order chi connectivity index (χ0) is 24.3. The SMILES string of the molecule is COc1ccnc(CCc2nc3cc(S(=O)(=O)Nc4ccccc4-c4ccccc4)cnc3[nH]2)c1. The van der Waals surface area contributed by atoms with Crippen LogP contribution in [0.1, 0.15) is 11.5 Å². The Hall–Kier alpha value is -4.24. The topological polar surface area (TPSA) is 110 Å². The second-order valence-electron chi connectivity index (χ2n) is 7.93. The summed E-state index contributed by atoms with van der Waals surface area (Å²) >= 11 is 0. The van der Waals surface area contributed by atoms with E-state index in [9.17, 15) is 8.42 Å². The summed E-state index contributed by atoms with van der Waals surface area (Å²) < 4.78 is 34.3. The lowest BCUT2D eigenvalue weighted by Crippen LogP contribution is -2.14. The fourth-order valence-electron chi connectivity index (χ4n) is 3.80. The number of benzene rings is 2. The number of anilines is 1. The number of sulfonamides is 1. The van der Waals surface area contributed by atoms with Gasteiger partial charge in [0.25, 0.3) is 10.0 Å². The van der Waals surface area contributed by atoms with E-state index in [2.05, 4.69) is 24.7 Å². The van der Waals surface area contributed by atoms with Gasteiger partial charge in [0.15, 0.2) is 5.65 Å². The van der Waals surface area contributed by atoms with Gasteiger partial charge in [-0.2, -0.15) is 0 Å². The number of imidazole rings is 1. The van der Waals surface area contributed by atoms with Crippen molar-refractivity contribution in [2.45, 2.75) is 17.7 Å². The number of nitrogens with zero attached hydrogens (tertiary/aromatic N) is 3. The van der Waals surface area contributed by atoms with Crippen molar-refractivity contribution >= 4 is 26.9 Å². The summed E-state index contributed by atoms with van der Waals surface area (Å²) in [4.78, 5) is 16.4. The zero-order valence-corrected chi connectivity index (χ0v) is 19.8. The molecule has 0 aliphatic heterocycles. The van der Waals surface area contributed by atoms with Crippen LogP contribution in [0.15, 0.2) is 90.1 Å². The van der Waals surface area contributed by atoms with E-state index < -0.39 is 10.0 Å². The van der Waals surface area contributed by atoms with E-state index in [4.69, 9.17) is 4.74 Å². The number of para-hydroxylation sites is 1. The highest BCUT2D eigenvalue weighted by Crippen LogP contribution is 2.29. The highest BCUT2D eigenvalue weighted by molar-refractivity contribution is 7.92. The van der Waals surface area contributed by atoms with Crippen molar-refractivity contribution in [2.24, 2.45) is 0 Å². The number of ether oxygens (including phenoxy) is 1. The van der Waals surface area contributed by atoms with Gasteiger partial charge >= 0.3 is 0 Å². The first-order chi connectivity index (χ1) is 17.0. The van der Waals surface area contributed by atoms with E-state index in [1.165, 1.54) is 12.3 Å². The molecular formula is C26H23N5O3S. The normalized spacial score (nSPS) is 11.5. The Morgan fingerprint density at radius 2 is 1.74 bits per heavy atom. The van der Waals surface area contributed by atoms with E-state index in [1.807, 2.05) is 48.5 Å². The summed E-state index contributed by atoms with van der Waals surface area (Å²) in [6.07, 6.45) is 4.29. The van der Waals surface area contributed by atoms with Crippen LogP contribution in [0.5, 0.6) is 5.75 Å². The van der Waals surface area contributed by atoms with Gasteiger partial charge in [0, 0.05) is 36.1 Å². The fraction of sp³-hybridized carbons (Fsp3) is 0.115. The molecule has 8 nitrogen and oxygen atoms in total. The fourth-order valence-corrected chi connectivity index (χ4v) is 4.85. The summed E-state index contributed by atoms with van der Waals surface area (Å²) in [5.41, 5.74) is 4.09. The average Bonchev–Trinajstić information content (AvgIpc) is 3.31. The molecule has 0 spiro atoms. The molecule has 3 heterocycles. The third-order valence-corrected chi connectivity index (χ3v) is 6.90. The van der Waals surface area contributed by atoms with Gasteiger partial charge < -0.3 is 9.72 Å². The predicted molar refractivity (Wildman–Crippen MR) is 135 cm³/mol. The highest BCUT2D eigenvalue weighted by atomic mass is 32.2. The Kier molecular flexibility index (Phi) is 6.15. The third-order valence-electron chi connectivity index (χ3n) is 5.57. The van der Waals surface area contributed by atoms with Crippen LogP contribution >= 0.6 is 0 Å². The quantitative estimate of drug-likeness (QED) is 0.332. The number of hydrogen-bond acceptors (Lipinski definition) is 6. The van der Waals surface area contributed by atoms with Gasteiger partial charge in [-0.05, 0) is 30.2 Å². The van der Waals surface area contributed by atoms with Gasteiger partial charge in [0.05, 0.1) is 12.8 Å². The molecule has 5 aromatic rings. The smallest absolute Gasteiger partial charge is 0.263 e. The number of aromatic amines is 1. The molecule has 0 amide bonds. The van der Waals surface area contributed by atoms with Crippen LogP contribution in [0.4, 0.5) is 5.69 Å². The zero-order valence-electron chi connectivity index (χ0n) is 19.0. The van der Waals surface area contributed by atoms with Crippen molar-refractivity contribution in [3.05, 3.63) is 96.7 Å². The summed E-state index contributed by atoms with van der Waals surface area (Å²) in [6, 6.07) is 22.1. The molecule has 0 atom stereocenters. The Bertz CT molecular complexity index is 1580. The van der Waals surface area contributed by atoms with Crippen LogP contribution in [0.3, 0.4) is 0 Å². The summed E-state index contributed by atoms with van der Waals surface area (Å²) in [5, 5.41) is 0. The standard InChI is InChI=1S/C26H23N5O3S/c1-34-20-13-14-27-19(15-20)11-12-25-29-24-16-21(17-28-26(24)30-25)35(32,33)31-23-10-6-5-9-22(23)18-7-3-2-4-8-18/h2-10,13-17,31H,11-12H2,1H3,(H,28,29,30). The van der Waals surface area contributed by atoms with Crippen molar-refractivity contribution < 1.29 is 13.2 Å². The number of aryl methyl sites for hydroxylation is 2. The first kappa shape index (κ1) is 22.5. The Balaban J connectivity index is 1.37. The molecule has 0 bridgehead atoms. The summed E-state index contributed by atoms with van der Waals surface area (Å²) in [5.74, 6) is 1.45. The molecule has 0 aliphatic rings. The Morgan fingerprint density at radius 1 is 0.943 bits per heavy atom. The largest absolute Gasteiger partial charge is 0.497 e. The van der Waals surface area contributed by atoms with Crippen LogP contribution in [-0.4, -0.2) is 35.5 Å². The maximum absolute atomic E-state index is 13.2. The van der Waals surface area contributed by atoms with Gasteiger partial charge in [0.2, 0.25) is 0 Å². The van der Waals surface area contributed by atoms with Crippen LogP contribution in [-0.2, 0) is 22.9 Å². The number of fused-ring (bicyclic) bond motifs is 1. The van der Waals surface area contributed by atoms with Gasteiger partial charge in [-0.25, -0.2) is 18.4 Å². The lowest BCUT2D eigenvalue weighted by atomic mass is 10.0. The Morgan fingerprint density at radius 3 is 2.57 bits per heavy atom. The maximum Gasteiger partial charge on any atom is 0.263 e. The monoisotopic (exact) mass is 485 g/mol. The van der Waals surface area contributed by atoms with Gasteiger partial charge in [-0.1, -0.05) is 48.5 Å². The first-order valence-electron chi connectivity index (χ1n) is 11.0. The molecule has 35 heavy (non-hydrogen) atoms. The predicted octanol–water partition coefficient (Wildman–Crippen LogP) is 4.61. The number of rotatable bonds is 8. The molecule has 0 saturated carbocycles. The third kappa shape index (κ3) is 4.99. The number of hydrogen-bond donors (Lipinski definition) is 2. The molecule has 2 aromatic carbocycles. The minimum atomic E-state index is -3.88. The molecule has 176 valence electrons. The van der Waals surface area contributed by atoms with Gasteiger partial charge in [-0.15, -0.1) is 0 Å². The number of methoxy groups -OCH3 is 1. The lowest BCUT2D eigenvalue weighted by Gasteiger charge is -2.12. The lowest BCUT2D eigenvalue weighted by molar-refractivity contribution is 0.413. The molecule has 5 rings (SSSR count). The van der Waals surface area contributed by atoms with Crippen LogP contribution in [0, 0.1) is 0 Å². The molecule has 0 unspecified atom stereocenters. The van der Waals surface area contributed by atoms with Crippen molar-refractivity contribution in [1.82, 2.24) is 19.9 Å². The molecule has 0 radical (unpaired) electrons. The second kappa shape index (κ2) is 9.55. The minimum absolute atomic E-state index is 0.0420. The summed E-state index contributed by atoms with van der Waals surface area (Å²) in [6.45, 7) is 0. The molecule has 2 N–H and O–H groups in total. The Labute approximate surface area is 203 Å². The van der Waals surface area contributed by atoms with E-state index in [1.54, 1.807) is 31.5 Å². The number of H-pyrrole nitrogens is 1. The molecule has 0 saturated heterocycles. The van der Waals surface area contributed by atoms with Crippen LogP contribution in [0.25, 0.3) is 22.3 Å². The van der Waals surface area contributed by atoms with E-state index in [-0.39, 0.29) is 4.90 Å². The van der Waals surface area contributed by atoms with Crippen molar-refractivity contribution in [2.75, 3.05) is 11.8 Å². The first-order valence-corrected chi connectivity index (χ1v) is 12.5. The van der Waals surface area contributed by atoms with Crippen molar-refractivity contribution in [1.29, 1.82) is 0 Å². The number of nitrogens with one attached hydrogen (secondary N) is 2. The summed E-state index contributed by atoms with van der Waals surface area (Å²) in [7, 11) is -2.26. The number of aromatic nitrogens is 4. The molecule has 3 aromatic heterocycles. The van der Waals surface area contributed by atoms with Gasteiger partial charge in [-0.3, -0.25) is 9.71 Å². The number of pyridine rings is 2. The van der Waals surface area contributed by atoms with E-state index in [0.717, 1.165) is 22.6 Å². The molecular weight excluding hydrogens is 462 g/mol. The maximum atomic E-state index is 13.2. The second-order valence-corrected chi connectivity index (χ2v) is 9.61. The van der Waals surface area contributed by atoms with Crippen molar-refractivity contribution in [3.63, 3.8) is 0 Å². The van der Waals surface area contributed by atoms with Gasteiger partial charge in [0.1, 0.15) is 22.0 Å². The average molecular weight is 486 g/mol. The van der Waals surface area contributed by atoms with Crippen LogP contribution in [0.2, 0.25) is 0 Å². The highest BCUT2D eigenvalue weighted by Gasteiger charge is 2.19. The van der Waals surface area contributed by atoms with Crippen molar-refractivity contribution in [3.8, 4) is 16.9 Å². The molecule has 0 aliphatic carbocycles.